The lowest BCUT2D eigenvalue weighted by molar-refractivity contribution is 0.189. The van der Waals surface area contributed by atoms with Crippen molar-refractivity contribution in [3.05, 3.63) is 41.4 Å². The Balaban J connectivity index is 1.78. The molecule has 1 aromatic carbocycles. The van der Waals surface area contributed by atoms with Gasteiger partial charge in [0.25, 0.3) is 0 Å². The second kappa shape index (κ2) is 7.59. The van der Waals surface area contributed by atoms with Crippen LogP contribution in [-0.2, 0) is 0 Å². The molecule has 0 aromatic heterocycles. The highest BCUT2D eigenvalue weighted by molar-refractivity contribution is 5.66. The maximum atomic E-state index is 13.6. The summed E-state index contributed by atoms with van der Waals surface area (Å²) >= 11 is 0. The van der Waals surface area contributed by atoms with Gasteiger partial charge in [0.15, 0.2) is 11.6 Å². The standard InChI is InChI=1S/C21H28F2/c1-2-3-15-4-6-16(7-5-15)17-8-10-18(11-9-17)19-12-13-20(22)21(23)14-19/h10,12-17H,2-9,11H2,1H3/t15-,16-,17?/i10D,11D2. The molecule has 0 radical (unpaired) electrons. The fourth-order valence-electron chi connectivity index (χ4n) is 4.15. The summed E-state index contributed by atoms with van der Waals surface area (Å²) in [5.41, 5.74) is 0.524. The van der Waals surface area contributed by atoms with Crippen LogP contribution in [0.4, 0.5) is 8.78 Å². The second-order valence-corrected chi connectivity index (χ2v) is 7.10. The van der Waals surface area contributed by atoms with Gasteiger partial charge in [0.2, 0.25) is 0 Å². The molecule has 2 heteroatoms. The topological polar surface area (TPSA) is 0 Å². The molecule has 0 amide bonds. The van der Waals surface area contributed by atoms with Gasteiger partial charge in [0, 0.05) is 2.74 Å². The summed E-state index contributed by atoms with van der Waals surface area (Å²) < 4.78 is 52.2. The molecular formula is C21H28F2. The largest absolute Gasteiger partial charge is 0.204 e. The number of allylic oxidation sites excluding steroid dienone is 2. The van der Waals surface area contributed by atoms with E-state index in [0.717, 1.165) is 30.9 Å². The zero-order chi connectivity index (χ0) is 18.9. The molecule has 126 valence electrons. The van der Waals surface area contributed by atoms with E-state index in [-0.39, 0.29) is 17.5 Å². The van der Waals surface area contributed by atoms with Gasteiger partial charge in [-0.25, -0.2) is 8.78 Å². The minimum atomic E-state index is -1.68. The Bertz CT molecular complexity index is 676. The minimum Gasteiger partial charge on any atom is -0.204 e. The van der Waals surface area contributed by atoms with Crippen molar-refractivity contribution in [1.29, 1.82) is 0 Å². The van der Waals surface area contributed by atoms with E-state index < -0.39 is 18.0 Å². The molecule has 0 saturated heterocycles. The number of halogens is 2. The fraction of sp³-hybridized carbons (Fsp3) is 0.619. The van der Waals surface area contributed by atoms with Gasteiger partial charge in [-0.15, -0.1) is 0 Å². The van der Waals surface area contributed by atoms with E-state index in [1.807, 2.05) is 0 Å². The first kappa shape index (κ1) is 13.1. The molecule has 2 aliphatic rings. The van der Waals surface area contributed by atoms with Crippen molar-refractivity contribution in [3.63, 3.8) is 0 Å². The highest BCUT2D eigenvalue weighted by Crippen LogP contribution is 2.42. The molecular weight excluding hydrogens is 290 g/mol. The number of hydrogen-bond acceptors (Lipinski definition) is 0. The Morgan fingerprint density at radius 3 is 2.52 bits per heavy atom. The van der Waals surface area contributed by atoms with Gasteiger partial charge in [0.05, 0.1) is 1.37 Å². The first-order valence-electron chi connectivity index (χ1n) is 10.5. The average Bonchev–Trinajstić information content (AvgIpc) is 2.57. The van der Waals surface area contributed by atoms with Gasteiger partial charge in [-0.1, -0.05) is 44.7 Å². The van der Waals surface area contributed by atoms with Gasteiger partial charge in [0.1, 0.15) is 0 Å². The number of rotatable bonds is 4. The van der Waals surface area contributed by atoms with Gasteiger partial charge in [-0.3, -0.25) is 0 Å². The first-order chi connectivity index (χ1) is 12.3. The lowest BCUT2D eigenvalue weighted by Crippen LogP contribution is -2.23. The molecule has 1 atom stereocenters. The molecule has 2 aliphatic carbocycles. The van der Waals surface area contributed by atoms with E-state index in [2.05, 4.69) is 6.92 Å². The summed E-state index contributed by atoms with van der Waals surface area (Å²) in [6, 6.07) is 3.67. The molecule has 0 heterocycles. The quantitative estimate of drug-likeness (QED) is 0.575. The summed E-state index contributed by atoms with van der Waals surface area (Å²) in [6.07, 6.45) is 6.41. The van der Waals surface area contributed by atoms with Gasteiger partial charge < -0.3 is 0 Å². The van der Waals surface area contributed by atoms with Crippen LogP contribution in [0, 0.1) is 29.4 Å². The Morgan fingerprint density at radius 2 is 1.87 bits per heavy atom. The molecule has 1 saturated carbocycles. The monoisotopic (exact) mass is 321 g/mol. The molecule has 0 N–H and O–H groups in total. The summed E-state index contributed by atoms with van der Waals surface area (Å²) in [7, 11) is 0. The van der Waals surface area contributed by atoms with E-state index in [9.17, 15) is 8.78 Å². The zero-order valence-electron chi connectivity index (χ0n) is 16.9. The van der Waals surface area contributed by atoms with E-state index in [1.165, 1.54) is 31.7 Å². The summed E-state index contributed by atoms with van der Waals surface area (Å²) in [5, 5.41) is 0. The van der Waals surface area contributed by atoms with Gasteiger partial charge in [-0.2, -0.15) is 0 Å². The Kier molecular flexibility index (Phi) is 4.34. The van der Waals surface area contributed by atoms with E-state index >= 15 is 0 Å². The maximum absolute atomic E-state index is 13.6. The second-order valence-electron chi connectivity index (χ2n) is 7.10. The van der Waals surface area contributed by atoms with Crippen molar-refractivity contribution in [2.45, 2.75) is 64.7 Å². The number of hydrogen-bond donors (Lipinski definition) is 0. The van der Waals surface area contributed by atoms with Crippen molar-refractivity contribution in [1.82, 2.24) is 0 Å². The summed E-state index contributed by atoms with van der Waals surface area (Å²) in [6.45, 7) is 2.22. The Hall–Kier alpha value is -1.18. The molecule has 1 fully saturated rings. The van der Waals surface area contributed by atoms with Crippen molar-refractivity contribution in [2.24, 2.45) is 17.8 Å². The van der Waals surface area contributed by atoms with Gasteiger partial charge >= 0.3 is 0 Å². The molecule has 23 heavy (non-hydrogen) atoms. The minimum absolute atomic E-state index is 0.175. The van der Waals surface area contributed by atoms with Crippen LogP contribution in [0.25, 0.3) is 5.57 Å². The highest BCUT2D eigenvalue weighted by atomic mass is 19.2. The van der Waals surface area contributed by atoms with E-state index in [0.29, 0.717) is 24.3 Å². The van der Waals surface area contributed by atoms with Crippen LogP contribution in [0.3, 0.4) is 0 Å². The average molecular weight is 321 g/mol. The molecule has 0 aliphatic heterocycles. The van der Waals surface area contributed by atoms with E-state index in [4.69, 9.17) is 4.11 Å². The third kappa shape index (κ3) is 4.02. The van der Waals surface area contributed by atoms with Crippen molar-refractivity contribution in [3.8, 4) is 0 Å². The maximum Gasteiger partial charge on any atom is 0.159 e. The van der Waals surface area contributed by atoms with Crippen LogP contribution in [0.5, 0.6) is 0 Å². The van der Waals surface area contributed by atoms with Crippen LogP contribution in [0.15, 0.2) is 24.3 Å². The lowest BCUT2D eigenvalue weighted by atomic mass is 9.70. The molecule has 1 unspecified atom stereocenters. The third-order valence-corrected chi connectivity index (χ3v) is 5.55. The molecule has 0 spiro atoms. The van der Waals surface area contributed by atoms with Crippen LogP contribution < -0.4 is 0 Å². The normalized spacial score (nSPS) is 33.0. The molecule has 0 bridgehead atoms. The smallest absolute Gasteiger partial charge is 0.159 e. The lowest BCUT2D eigenvalue weighted by Gasteiger charge is -2.35. The summed E-state index contributed by atoms with van der Waals surface area (Å²) in [5.74, 6) is -0.478. The van der Waals surface area contributed by atoms with Gasteiger partial charge in [-0.05, 0) is 73.1 Å². The van der Waals surface area contributed by atoms with E-state index in [1.54, 1.807) is 0 Å². The Morgan fingerprint density at radius 1 is 1.09 bits per heavy atom. The molecule has 1 aromatic rings. The van der Waals surface area contributed by atoms with Crippen LogP contribution in [0.1, 0.15) is 74.3 Å². The number of benzene rings is 1. The fourth-order valence-corrected chi connectivity index (χ4v) is 4.15. The van der Waals surface area contributed by atoms with Crippen LogP contribution >= 0.6 is 0 Å². The van der Waals surface area contributed by atoms with Crippen molar-refractivity contribution in [2.75, 3.05) is 0 Å². The summed E-state index contributed by atoms with van der Waals surface area (Å²) in [4.78, 5) is 0. The predicted molar refractivity (Wildman–Crippen MR) is 92.0 cm³/mol. The van der Waals surface area contributed by atoms with Crippen molar-refractivity contribution < 1.29 is 12.9 Å². The third-order valence-electron chi connectivity index (χ3n) is 5.55. The first-order valence-corrected chi connectivity index (χ1v) is 8.97. The molecule has 3 rings (SSSR count). The highest BCUT2D eigenvalue weighted by Gasteiger charge is 2.28. The van der Waals surface area contributed by atoms with Crippen LogP contribution in [0.2, 0.25) is 0 Å². The predicted octanol–water partition coefficient (Wildman–Crippen LogP) is 6.75. The molecule has 0 nitrogen and oxygen atoms in total. The van der Waals surface area contributed by atoms with Crippen LogP contribution in [-0.4, -0.2) is 0 Å². The Labute approximate surface area is 143 Å². The zero-order valence-corrected chi connectivity index (χ0v) is 13.9. The van der Waals surface area contributed by atoms with Crippen molar-refractivity contribution >= 4 is 5.57 Å². The SMILES string of the molecule is [2H]C1=C(c2ccc(F)c(F)c2)C([2H])([2H])CC([C@H]2CC[C@H](CCC)CC2)C1.